The lowest BCUT2D eigenvalue weighted by molar-refractivity contribution is 1.23. The average Bonchev–Trinajstić information content (AvgIpc) is 1.41. The van der Waals surface area contributed by atoms with Crippen molar-refractivity contribution in [3.8, 4) is 0 Å². The molecule has 0 nitrogen and oxygen atoms in total. The van der Waals surface area contributed by atoms with E-state index >= 15 is 0 Å². The van der Waals surface area contributed by atoms with Gasteiger partial charge in [0.15, 0.2) is 16.3 Å². The van der Waals surface area contributed by atoms with E-state index < -0.39 is 0 Å². The summed E-state index contributed by atoms with van der Waals surface area (Å²) in [5.74, 6) is 0. The summed E-state index contributed by atoms with van der Waals surface area (Å²) in [6, 6.07) is 0. The van der Waals surface area contributed by atoms with Gasteiger partial charge in [0, 0.05) is 0 Å². The highest BCUT2D eigenvalue weighted by molar-refractivity contribution is 6.16. The zero-order chi connectivity index (χ0) is 4.12. The Morgan fingerprint density at radius 2 is 2.40 bits per heavy atom. The van der Waals surface area contributed by atoms with Crippen molar-refractivity contribution in [2.24, 2.45) is 0 Å². The van der Waals surface area contributed by atoms with Crippen molar-refractivity contribution in [3.05, 3.63) is 11.0 Å². The van der Waals surface area contributed by atoms with Crippen LogP contribution in [0.5, 0.6) is 0 Å². The molecule has 1 heteroatoms. The lowest BCUT2D eigenvalue weighted by atomic mass is 10.5. The summed E-state index contributed by atoms with van der Waals surface area (Å²) in [6.07, 6.45) is 3.23. The molecule has 0 spiro atoms. The van der Waals surface area contributed by atoms with Crippen LogP contribution in [0.25, 0.3) is 0 Å². The molecule has 2 radical (unpaired) electrons. The van der Waals surface area contributed by atoms with Gasteiger partial charge >= 0.3 is 0 Å². The topological polar surface area (TPSA) is 0 Å². The van der Waals surface area contributed by atoms with Crippen LogP contribution in [-0.2, 0) is 0 Å². The fourth-order valence-corrected chi connectivity index (χ4v) is 0.408. The van der Waals surface area contributed by atoms with E-state index in [0.29, 0.717) is 0 Å². The van der Waals surface area contributed by atoms with Gasteiger partial charge in [-0.3, -0.25) is 0 Å². The number of hydrogen-bond donors (Lipinski definition) is 0. The summed E-state index contributed by atoms with van der Waals surface area (Å²) in [6.45, 7) is 2.11. The summed E-state index contributed by atoms with van der Waals surface area (Å²) < 4.78 is 0. The summed E-state index contributed by atoms with van der Waals surface area (Å²) in [4.78, 5) is 1.97. The van der Waals surface area contributed by atoms with E-state index in [0.717, 1.165) is 6.42 Å². The zero-order valence-corrected chi connectivity index (χ0v) is 4.59. The van der Waals surface area contributed by atoms with Crippen LogP contribution >= 0.6 is 0 Å². The van der Waals surface area contributed by atoms with Gasteiger partial charge in [-0.1, -0.05) is 6.92 Å². The summed E-state index contributed by atoms with van der Waals surface area (Å²) >= 11 is 2.52. The highest BCUT2D eigenvalue weighted by Gasteiger charge is 1.51. The van der Waals surface area contributed by atoms with Gasteiger partial charge in [0.2, 0.25) is 0 Å². The van der Waals surface area contributed by atoms with Gasteiger partial charge in [-0.15, -0.1) is 6.08 Å². The van der Waals surface area contributed by atoms with Gasteiger partial charge in [-0.25, -0.2) is 0 Å². The monoisotopic (exact) mass is 82.0 g/mol. The first-order chi connectivity index (χ1) is 2.41. The van der Waals surface area contributed by atoms with Crippen LogP contribution in [0.15, 0.2) is 11.0 Å². The SMILES string of the molecule is CC/C=[CH]\[Al]. The molecule has 0 aliphatic heterocycles. The summed E-state index contributed by atoms with van der Waals surface area (Å²) in [5, 5.41) is 0. The first kappa shape index (κ1) is 5.27. The summed E-state index contributed by atoms with van der Waals surface area (Å²) in [5.41, 5.74) is 0. The Hall–Kier alpha value is 0.272. The van der Waals surface area contributed by atoms with Gasteiger partial charge < -0.3 is 0 Å². The van der Waals surface area contributed by atoms with E-state index in [-0.39, 0.29) is 0 Å². The molecule has 0 amide bonds. The zero-order valence-electron chi connectivity index (χ0n) is 3.44. The molecule has 26 valence electrons. The second-order valence-corrected chi connectivity index (χ2v) is 1.22. The molecule has 0 heterocycles. The predicted molar refractivity (Wildman–Crippen MR) is 25.2 cm³/mol. The quantitative estimate of drug-likeness (QED) is 0.415. The molecule has 0 saturated heterocycles. The molecule has 0 saturated carbocycles. The molecular formula is C4H7Al. The average molecular weight is 82.1 g/mol. The van der Waals surface area contributed by atoms with Gasteiger partial charge in [-0.05, 0) is 6.42 Å². The number of hydrogen-bond acceptors (Lipinski definition) is 0. The Balaban J connectivity index is 2.62. The standard InChI is InChI=1S/C4H7.Al/c1-3-4-2;/h1,3H,4H2,2H3;. The van der Waals surface area contributed by atoms with Gasteiger partial charge in [0.25, 0.3) is 0 Å². The van der Waals surface area contributed by atoms with E-state index in [1.165, 1.54) is 0 Å². The lowest BCUT2D eigenvalue weighted by Gasteiger charge is -1.66. The molecule has 0 aliphatic carbocycles. The maximum absolute atomic E-state index is 2.52. The molecule has 0 aliphatic rings. The van der Waals surface area contributed by atoms with Crippen molar-refractivity contribution in [1.29, 1.82) is 0 Å². The van der Waals surface area contributed by atoms with Crippen molar-refractivity contribution >= 4 is 16.3 Å². The highest BCUT2D eigenvalue weighted by Crippen LogP contribution is 1.71. The minimum atomic E-state index is 1.14. The predicted octanol–water partition coefficient (Wildman–Crippen LogP) is 1.08. The van der Waals surface area contributed by atoms with Crippen molar-refractivity contribution in [2.75, 3.05) is 0 Å². The van der Waals surface area contributed by atoms with Crippen LogP contribution in [-0.4, -0.2) is 16.3 Å². The van der Waals surface area contributed by atoms with Crippen LogP contribution < -0.4 is 0 Å². The second-order valence-electron chi connectivity index (χ2n) is 0.836. The molecule has 5 heavy (non-hydrogen) atoms. The molecule has 0 atom stereocenters. The lowest BCUT2D eigenvalue weighted by Crippen LogP contribution is -1.49. The Labute approximate surface area is 41.3 Å². The molecule has 0 unspecified atom stereocenters. The van der Waals surface area contributed by atoms with Crippen molar-refractivity contribution in [2.45, 2.75) is 13.3 Å². The second kappa shape index (κ2) is 4.27. The fourth-order valence-electron chi connectivity index (χ4n) is 0.136. The first-order valence-corrected chi connectivity index (χ1v) is 2.45. The molecule has 0 fully saturated rings. The van der Waals surface area contributed by atoms with E-state index in [2.05, 4.69) is 29.3 Å². The Kier molecular flexibility index (Phi) is 4.51. The molecule has 0 aromatic rings. The van der Waals surface area contributed by atoms with Gasteiger partial charge in [0.05, 0.1) is 0 Å². The van der Waals surface area contributed by atoms with Crippen LogP contribution in [0.2, 0.25) is 0 Å². The molecule has 0 rings (SSSR count). The first-order valence-electron chi connectivity index (χ1n) is 1.78. The maximum atomic E-state index is 2.52. The van der Waals surface area contributed by atoms with E-state index in [1.54, 1.807) is 0 Å². The molecule has 0 bridgehead atoms. The molecule has 0 N–H and O–H groups in total. The normalized spacial score (nSPS) is 9.80. The maximum Gasteiger partial charge on any atom is 0.161 e. The molecule has 0 aromatic heterocycles. The van der Waals surface area contributed by atoms with Crippen molar-refractivity contribution < 1.29 is 0 Å². The van der Waals surface area contributed by atoms with Crippen LogP contribution in [0.1, 0.15) is 13.3 Å². The van der Waals surface area contributed by atoms with Gasteiger partial charge in [-0.2, -0.15) is 4.94 Å². The summed E-state index contributed by atoms with van der Waals surface area (Å²) in [7, 11) is 0. The highest BCUT2D eigenvalue weighted by atomic mass is 27.0. The molecular weight excluding hydrogens is 75.0 g/mol. The fraction of sp³-hybridized carbons (Fsp3) is 0.500. The van der Waals surface area contributed by atoms with E-state index in [1.807, 2.05) is 4.94 Å². The third kappa shape index (κ3) is 4.27. The van der Waals surface area contributed by atoms with Gasteiger partial charge in [0.1, 0.15) is 0 Å². The van der Waals surface area contributed by atoms with E-state index in [4.69, 9.17) is 0 Å². The Morgan fingerprint density at radius 3 is 2.40 bits per heavy atom. The van der Waals surface area contributed by atoms with Crippen molar-refractivity contribution in [3.63, 3.8) is 0 Å². The smallest absolute Gasteiger partial charge is 0.161 e. The third-order valence-electron chi connectivity index (χ3n) is 0.372. The van der Waals surface area contributed by atoms with Crippen LogP contribution in [0.3, 0.4) is 0 Å². The Morgan fingerprint density at radius 1 is 1.80 bits per heavy atom. The Bertz CT molecular complexity index is 30.6. The van der Waals surface area contributed by atoms with Crippen LogP contribution in [0.4, 0.5) is 0 Å². The third-order valence-corrected chi connectivity index (χ3v) is 0.644. The minimum absolute atomic E-state index is 1.14. The van der Waals surface area contributed by atoms with Crippen LogP contribution in [0, 0.1) is 0 Å². The number of allylic oxidation sites excluding steroid dienone is 1. The minimum Gasteiger partial charge on any atom is -0.176 e. The molecule has 0 aromatic carbocycles. The van der Waals surface area contributed by atoms with E-state index in [9.17, 15) is 0 Å². The van der Waals surface area contributed by atoms with Crippen molar-refractivity contribution in [1.82, 2.24) is 0 Å². The largest absolute Gasteiger partial charge is 0.176 e. The number of rotatable bonds is 1.